The molecule has 0 aliphatic carbocycles. The third kappa shape index (κ3) is 2.83. The van der Waals surface area contributed by atoms with Crippen LogP contribution in [0.1, 0.15) is 39.8 Å². The van der Waals surface area contributed by atoms with Crippen molar-refractivity contribution in [2.75, 3.05) is 37.9 Å². The average molecular weight is 311 g/mol. The molecule has 0 spiro atoms. The summed E-state index contributed by atoms with van der Waals surface area (Å²) in [4.78, 5) is 26.4. The molecule has 1 amide bonds. The largest absolute Gasteiger partial charge is 0.465 e. The first-order chi connectivity index (χ1) is 10.0. The molecule has 3 N–H and O–H groups in total. The number of rotatable bonds is 4. The molecule has 0 saturated carbocycles. The summed E-state index contributed by atoms with van der Waals surface area (Å²) in [5.74, 6) is -0.151. The van der Waals surface area contributed by atoms with Gasteiger partial charge in [-0.05, 0) is 12.3 Å². The zero-order chi connectivity index (χ0) is 15.6. The SMILES string of the molecule is CCC1CCN(c2sc(C(=O)OC)c(N)c2C(=O)NC)C1. The van der Waals surface area contributed by atoms with E-state index in [-0.39, 0.29) is 11.6 Å². The number of hydrogen-bond donors (Lipinski definition) is 2. The minimum Gasteiger partial charge on any atom is -0.465 e. The number of nitrogen functional groups attached to an aromatic ring is 1. The van der Waals surface area contributed by atoms with Gasteiger partial charge in [0, 0.05) is 20.1 Å². The summed E-state index contributed by atoms with van der Waals surface area (Å²) < 4.78 is 4.75. The highest BCUT2D eigenvalue weighted by molar-refractivity contribution is 7.19. The van der Waals surface area contributed by atoms with Crippen LogP contribution in [0, 0.1) is 5.92 Å². The molecule has 1 aliphatic heterocycles. The van der Waals surface area contributed by atoms with Crippen molar-refractivity contribution >= 4 is 33.9 Å². The van der Waals surface area contributed by atoms with Gasteiger partial charge in [0.1, 0.15) is 9.88 Å². The maximum atomic E-state index is 12.1. The van der Waals surface area contributed by atoms with Gasteiger partial charge < -0.3 is 20.7 Å². The average Bonchev–Trinajstić information content (AvgIpc) is 3.09. The molecule has 1 aromatic rings. The summed E-state index contributed by atoms with van der Waals surface area (Å²) in [6.45, 7) is 3.93. The minimum absolute atomic E-state index is 0.209. The Morgan fingerprint density at radius 3 is 2.76 bits per heavy atom. The molecule has 116 valence electrons. The highest BCUT2D eigenvalue weighted by atomic mass is 32.1. The Balaban J connectivity index is 2.44. The lowest BCUT2D eigenvalue weighted by Crippen LogP contribution is -2.25. The number of hydrogen-bond acceptors (Lipinski definition) is 6. The predicted octanol–water partition coefficient (Wildman–Crippen LogP) is 1.71. The molecule has 6 nitrogen and oxygen atoms in total. The number of amides is 1. The van der Waals surface area contributed by atoms with Gasteiger partial charge in [-0.2, -0.15) is 0 Å². The van der Waals surface area contributed by atoms with Crippen LogP contribution in [0.25, 0.3) is 0 Å². The molecule has 21 heavy (non-hydrogen) atoms. The van der Waals surface area contributed by atoms with Crippen LogP contribution >= 0.6 is 11.3 Å². The van der Waals surface area contributed by atoms with E-state index < -0.39 is 5.97 Å². The first-order valence-electron chi connectivity index (χ1n) is 7.01. The van der Waals surface area contributed by atoms with Gasteiger partial charge in [-0.1, -0.05) is 13.3 Å². The maximum Gasteiger partial charge on any atom is 0.350 e. The Hall–Kier alpha value is -1.76. The summed E-state index contributed by atoms with van der Waals surface area (Å²) in [6, 6.07) is 0. The van der Waals surface area contributed by atoms with Crippen LogP contribution in [-0.4, -0.2) is 39.1 Å². The van der Waals surface area contributed by atoms with Gasteiger partial charge in [-0.25, -0.2) is 4.79 Å². The molecule has 0 aromatic carbocycles. The van der Waals surface area contributed by atoms with Crippen molar-refractivity contribution in [2.24, 2.45) is 5.92 Å². The van der Waals surface area contributed by atoms with Crippen molar-refractivity contribution in [3.05, 3.63) is 10.4 Å². The third-order valence-electron chi connectivity index (χ3n) is 3.90. The third-order valence-corrected chi connectivity index (χ3v) is 5.15. The molecule has 2 rings (SSSR count). The molecule has 1 fully saturated rings. The fourth-order valence-corrected chi connectivity index (χ4v) is 3.76. The monoisotopic (exact) mass is 311 g/mol. The summed E-state index contributed by atoms with van der Waals surface area (Å²) in [5.41, 5.74) is 6.61. The van der Waals surface area contributed by atoms with Crippen LogP contribution in [0.5, 0.6) is 0 Å². The van der Waals surface area contributed by atoms with E-state index in [1.165, 1.54) is 18.4 Å². The van der Waals surface area contributed by atoms with E-state index in [1.807, 2.05) is 0 Å². The summed E-state index contributed by atoms with van der Waals surface area (Å²) in [5, 5.41) is 3.36. The second kappa shape index (κ2) is 6.34. The van der Waals surface area contributed by atoms with E-state index in [0.29, 0.717) is 16.4 Å². The number of nitrogens with zero attached hydrogens (tertiary/aromatic N) is 1. The molecule has 1 unspecified atom stereocenters. The van der Waals surface area contributed by atoms with Crippen molar-refractivity contribution < 1.29 is 14.3 Å². The molecular formula is C14H21N3O3S. The number of carbonyl (C=O) groups excluding carboxylic acids is 2. The Morgan fingerprint density at radius 1 is 1.52 bits per heavy atom. The topological polar surface area (TPSA) is 84.7 Å². The number of anilines is 2. The Bertz CT molecular complexity index is 556. The second-order valence-electron chi connectivity index (χ2n) is 5.10. The summed E-state index contributed by atoms with van der Waals surface area (Å²) in [6.07, 6.45) is 2.20. The number of esters is 1. The predicted molar refractivity (Wildman–Crippen MR) is 84.1 cm³/mol. The maximum absolute atomic E-state index is 12.1. The smallest absolute Gasteiger partial charge is 0.350 e. The number of nitrogens with one attached hydrogen (secondary N) is 1. The number of thiophene rings is 1. The van der Waals surface area contributed by atoms with Gasteiger partial charge in [0.15, 0.2) is 0 Å². The van der Waals surface area contributed by atoms with Gasteiger partial charge >= 0.3 is 5.97 Å². The Morgan fingerprint density at radius 2 is 2.24 bits per heavy atom. The van der Waals surface area contributed by atoms with Crippen molar-refractivity contribution in [1.29, 1.82) is 0 Å². The quantitative estimate of drug-likeness (QED) is 0.827. The fraction of sp³-hybridized carbons (Fsp3) is 0.571. The van der Waals surface area contributed by atoms with Crippen molar-refractivity contribution in [3.63, 3.8) is 0 Å². The van der Waals surface area contributed by atoms with E-state index in [9.17, 15) is 9.59 Å². The van der Waals surface area contributed by atoms with Crippen LogP contribution in [0.4, 0.5) is 10.7 Å². The van der Waals surface area contributed by atoms with Crippen LogP contribution in [-0.2, 0) is 4.74 Å². The fourth-order valence-electron chi connectivity index (χ4n) is 2.59. The normalized spacial score (nSPS) is 17.9. The first kappa shape index (κ1) is 15.6. The summed E-state index contributed by atoms with van der Waals surface area (Å²) >= 11 is 1.24. The van der Waals surface area contributed by atoms with Crippen LogP contribution in [0.3, 0.4) is 0 Å². The Labute approximate surface area is 128 Å². The lowest BCUT2D eigenvalue weighted by Gasteiger charge is -2.18. The van der Waals surface area contributed by atoms with Crippen LogP contribution in [0.2, 0.25) is 0 Å². The highest BCUT2D eigenvalue weighted by Crippen LogP contribution is 2.41. The van der Waals surface area contributed by atoms with Gasteiger partial charge in [-0.3, -0.25) is 4.79 Å². The molecule has 1 saturated heterocycles. The molecule has 2 heterocycles. The van der Waals surface area contributed by atoms with Gasteiger partial charge in [0.25, 0.3) is 5.91 Å². The minimum atomic E-state index is -0.500. The molecule has 0 radical (unpaired) electrons. The standard InChI is InChI=1S/C14H21N3O3S/c1-4-8-5-6-17(7-8)13-9(12(18)16-2)10(15)11(21-13)14(19)20-3/h8H,4-7,15H2,1-3H3,(H,16,18). The number of carbonyl (C=O) groups is 2. The molecular weight excluding hydrogens is 290 g/mol. The number of nitrogens with two attached hydrogens (primary N) is 1. The number of ether oxygens (including phenoxy) is 1. The van der Waals surface area contributed by atoms with Gasteiger partial charge in [-0.15, -0.1) is 11.3 Å². The van der Waals surface area contributed by atoms with Gasteiger partial charge in [0.05, 0.1) is 18.4 Å². The number of methoxy groups -OCH3 is 1. The zero-order valence-electron chi connectivity index (χ0n) is 12.6. The first-order valence-corrected chi connectivity index (χ1v) is 7.82. The van der Waals surface area contributed by atoms with E-state index in [1.54, 1.807) is 7.05 Å². The van der Waals surface area contributed by atoms with Crippen molar-refractivity contribution in [2.45, 2.75) is 19.8 Å². The second-order valence-corrected chi connectivity index (χ2v) is 6.10. The lowest BCUT2D eigenvalue weighted by molar-refractivity contribution is 0.0607. The molecule has 0 bridgehead atoms. The van der Waals surface area contributed by atoms with E-state index >= 15 is 0 Å². The Kier molecular flexibility index (Phi) is 4.72. The van der Waals surface area contributed by atoms with Gasteiger partial charge in [0.2, 0.25) is 0 Å². The lowest BCUT2D eigenvalue weighted by atomic mass is 10.1. The van der Waals surface area contributed by atoms with Crippen LogP contribution in [0.15, 0.2) is 0 Å². The van der Waals surface area contributed by atoms with Crippen LogP contribution < -0.4 is 16.0 Å². The molecule has 1 atom stereocenters. The highest BCUT2D eigenvalue weighted by Gasteiger charge is 2.31. The van der Waals surface area contributed by atoms with Crippen molar-refractivity contribution in [3.8, 4) is 0 Å². The molecule has 1 aliphatic rings. The molecule has 7 heteroatoms. The zero-order valence-corrected chi connectivity index (χ0v) is 13.4. The van der Waals surface area contributed by atoms with E-state index in [2.05, 4.69) is 17.1 Å². The summed E-state index contributed by atoms with van der Waals surface area (Å²) in [7, 11) is 2.86. The van der Waals surface area contributed by atoms with E-state index in [0.717, 1.165) is 30.9 Å². The van der Waals surface area contributed by atoms with E-state index in [4.69, 9.17) is 10.5 Å². The van der Waals surface area contributed by atoms with Crippen molar-refractivity contribution in [1.82, 2.24) is 5.32 Å². The molecule has 1 aromatic heterocycles.